The molecule has 0 amide bonds. The van der Waals surface area contributed by atoms with Gasteiger partial charge in [-0.2, -0.15) is 0 Å². The molecule has 0 saturated carbocycles. The Labute approximate surface area is 108 Å². The third-order valence-corrected chi connectivity index (χ3v) is 5.51. The molecule has 6 heteroatoms. The highest BCUT2D eigenvalue weighted by molar-refractivity contribution is 7.89. The Morgan fingerprint density at radius 1 is 1.41 bits per heavy atom. The summed E-state index contributed by atoms with van der Waals surface area (Å²) < 4.78 is 25.4. The monoisotopic (exact) mass is 276 g/mol. The van der Waals surface area contributed by atoms with Gasteiger partial charge in [0.15, 0.2) is 0 Å². The lowest BCUT2D eigenvalue weighted by molar-refractivity contribution is 0.486. The van der Waals surface area contributed by atoms with E-state index in [2.05, 4.69) is 12.2 Å². The molecule has 98 valence electrons. The summed E-state index contributed by atoms with van der Waals surface area (Å²) in [7, 11) is -1.68. The maximum Gasteiger partial charge on any atom is 0.243 e. The van der Waals surface area contributed by atoms with Crippen molar-refractivity contribution in [2.45, 2.75) is 31.7 Å². The van der Waals surface area contributed by atoms with Gasteiger partial charge in [-0.3, -0.25) is 0 Å². The van der Waals surface area contributed by atoms with Gasteiger partial charge >= 0.3 is 0 Å². The molecule has 1 aromatic heterocycles. The molecule has 0 bridgehead atoms. The molecule has 0 atom stereocenters. The number of nitrogens with one attached hydrogen (secondary N) is 1. The first-order valence-corrected chi connectivity index (χ1v) is 8.08. The van der Waals surface area contributed by atoms with Gasteiger partial charge in [0.1, 0.15) is 0 Å². The third-order valence-electron chi connectivity index (χ3n) is 2.51. The predicted octanol–water partition coefficient (Wildman–Crippen LogP) is 1.89. The zero-order valence-corrected chi connectivity index (χ0v) is 12.2. The molecule has 0 saturated heterocycles. The summed E-state index contributed by atoms with van der Waals surface area (Å²) in [6, 6.07) is 1.76. The lowest BCUT2D eigenvalue weighted by Gasteiger charge is -2.12. The Hall–Kier alpha value is -0.430. The van der Waals surface area contributed by atoms with E-state index in [-0.39, 0.29) is 0 Å². The van der Waals surface area contributed by atoms with Crippen molar-refractivity contribution in [2.75, 3.05) is 20.1 Å². The fourth-order valence-electron chi connectivity index (χ4n) is 1.33. The van der Waals surface area contributed by atoms with Crippen LogP contribution in [0.25, 0.3) is 0 Å². The van der Waals surface area contributed by atoms with Crippen molar-refractivity contribution in [1.82, 2.24) is 9.62 Å². The fraction of sp³-hybridized carbons (Fsp3) is 0.636. The maximum absolute atomic E-state index is 12.0. The number of sulfonamides is 1. The van der Waals surface area contributed by atoms with Crippen LogP contribution in [-0.2, 0) is 16.6 Å². The molecule has 0 aliphatic heterocycles. The highest BCUT2D eigenvalue weighted by Gasteiger charge is 2.20. The van der Waals surface area contributed by atoms with Crippen LogP contribution in [0.15, 0.2) is 16.3 Å². The molecule has 1 aromatic rings. The second-order valence-corrected chi connectivity index (χ2v) is 6.89. The second kappa shape index (κ2) is 6.49. The third kappa shape index (κ3) is 3.77. The number of hydrogen-bond acceptors (Lipinski definition) is 4. The first kappa shape index (κ1) is 14.6. The molecule has 0 fully saturated rings. The van der Waals surface area contributed by atoms with Crippen molar-refractivity contribution in [2.24, 2.45) is 0 Å². The minimum absolute atomic E-state index is 0.403. The number of thiophene rings is 1. The van der Waals surface area contributed by atoms with Crippen LogP contribution < -0.4 is 5.32 Å². The predicted molar refractivity (Wildman–Crippen MR) is 71.8 cm³/mol. The van der Waals surface area contributed by atoms with Crippen molar-refractivity contribution in [3.8, 4) is 0 Å². The van der Waals surface area contributed by atoms with Crippen molar-refractivity contribution in [3.05, 3.63) is 16.3 Å². The van der Waals surface area contributed by atoms with Crippen LogP contribution in [0.5, 0.6) is 0 Å². The standard InChI is InChI=1S/C11H20N2O2S2/c1-4-6-12-8-10-7-11(9-16-10)17(14,15)13(3)5-2/h7,9,12H,4-6,8H2,1-3H3. The van der Waals surface area contributed by atoms with E-state index >= 15 is 0 Å². The molecule has 0 radical (unpaired) electrons. The minimum atomic E-state index is -3.28. The van der Waals surface area contributed by atoms with Crippen LogP contribution in [0, 0.1) is 0 Å². The Balaban J connectivity index is 2.74. The largest absolute Gasteiger partial charge is 0.312 e. The molecule has 4 nitrogen and oxygen atoms in total. The lowest BCUT2D eigenvalue weighted by Crippen LogP contribution is -2.26. The molecule has 0 aliphatic rings. The molecule has 0 unspecified atom stereocenters. The summed E-state index contributed by atoms with van der Waals surface area (Å²) in [5, 5.41) is 4.97. The van der Waals surface area contributed by atoms with Crippen molar-refractivity contribution in [1.29, 1.82) is 0 Å². The molecular formula is C11H20N2O2S2. The van der Waals surface area contributed by atoms with E-state index in [4.69, 9.17) is 0 Å². The number of hydrogen-bond donors (Lipinski definition) is 1. The van der Waals surface area contributed by atoms with E-state index in [1.807, 2.05) is 6.92 Å². The molecule has 1 heterocycles. The van der Waals surface area contributed by atoms with Crippen LogP contribution in [0.1, 0.15) is 25.1 Å². The highest BCUT2D eigenvalue weighted by atomic mass is 32.2. The van der Waals surface area contributed by atoms with Crippen LogP contribution >= 0.6 is 11.3 Å². The van der Waals surface area contributed by atoms with E-state index in [0.29, 0.717) is 11.4 Å². The number of rotatable bonds is 7. The van der Waals surface area contributed by atoms with Gasteiger partial charge in [-0.1, -0.05) is 13.8 Å². The SMILES string of the molecule is CCCNCc1cc(S(=O)(=O)N(C)CC)cs1. The van der Waals surface area contributed by atoms with Gasteiger partial charge in [-0.05, 0) is 19.0 Å². The molecule has 17 heavy (non-hydrogen) atoms. The van der Waals surface area contributed by atoms with E-state index < -0.39 is 10.0 Å². The average Bonchev–Trinajstić information content (AvgIpc) is 2.77. The summed E-state index contributed by atoms with van der Waals surface area (Å²) in [6.07, 6.45) is 1.08. The normalized spacial score (nSPS) is 12.2. The molecular weight excluding hydrogens is 256 g/mol. The molecule has 0 aliphatic carbocycles. The molecule has 0 aromatic carbocycles. The van der Waals surface area contributed by atoms with Gasteiger partial charge in [0.2, 0.25) is 10.0 Å². The van der Waals surface area contributed by atoms with Crippen molar-refractivity contribution >= 4 is 21.4 Å². The Kier molecular flexibility index (Phi) is 5.58. The summed E-state index contributed by atoms with van der Waals surface area (Å²) in [5.41, 5.74) is 0. The quantitative estimate of drug-likeness (QED) is 0.774. The lowest BCUT2D eigenvalue weighted by atomic mass is 10.4. The van der Waals surface area contributed by atoms with E-state index in [1.165, 1.54) is 15.6 Å². The molecule has 1 rings (SSSR count). The zero-order valence-electron chi connectivity index (χ0n) is 10.6. The van der Waals surface area contributed by atoms with Crippen molar-refractivity contribution < 1.29 is 8.42 Å². The van der Waals surface area contributed by atoms with Crippen molar-refractivity contribution in [3.63, 3.8) is 0 Å². The zero-order chi connectivity index (χ0) is 12.9. The smallest absolute Gasteiger partial charge is 0.243 e. The van der Waals surface area contributed by atoms with E-state index in [0.717, 1.165) is 24.4 Å². The Bertz CT molecular complexity index is 440. The second-order valence-electron chi connectivity index (χ2n) is 3.84. The van der Waals surface area contributed by atoms with Gasteiger partial charge in [0, 0.05) is 30.4 Å². The minimum Gasteiger partial charge on any atom is -0.312 e. The summed E-state index contributed by atoms with van der Waals surface area (Å²) in [5.74, 6) is 0. The van der Waals surface area contributed by atoms with Crippen LogP contribution in [0.4, 0.5) is 0 Å². The Morgan fingerprint density at radius 2 is 2.12 bits per heavy atom. The van der Waals surface area contributed by atoms with Crippen LogP contribution in [0.2, 0.25) is 0 Å². The van der Waals surface area contributed by atoms with E-state index in [9.17, 15) is 8.42 Å². The van der Waals surface area contributed by atoms with E-state index in [1.54, 1.807) is 18.5 Å². The summed E-state index contributed by atoms with van der Waals surface area (Å²) in [4.78, 5) is 1.46. The van der Waals surface area contributed by atoms with Gasteiger partial charge < -0.3 is 5.32 Å². The van der Waals surface area contributed by atoms with Gasteiger partial charge in [-0.15, -0.1) is 11.3 Å². The summed E-state index contributed by atoms with van der Waals surface area (Å²) in [6.45, 7) is 6.11. The topological polar surface area (TPSA) is 49.4 Å². The first-order chi connectivity index (χ1) is 8.02. The summed E-state index contributed by atoms with van der Waals surface area (Å²) >= 11 is 1.49. The average molecular weight is 276 g/mol. The maximum atomic E-state index is 12.0. The first-order valence-electron chi connectivity index (χ1n) is 5.76. The Morgan fingerprint density at radius 3 is 2.71 bits per heavy atom. The van der Waals surface area contributed by atoms with Gasteiger partial charge in [-0.25, -0.2) is 12.7 Å². The highest BCUT2D eigenvalue weighted by Crippen LogP contribution is 2.21. The molecule has 0 spiro atoms. The molecule has 1 N–H and O–H groups in total. The fourth-order valence-corrected chi connectivity index (χ4v) is 3.74. The van der Waals surface area contributed by atoms with Gasteiger partial charge in [0.05, 0.1) is 4.90 Å². The number of nitrogens with zero attached hydrogens (tertiary/aromatic N) is 1. The van der Waals surface area contributed by atoms with Crippen LogP contribution in [0.3, 0.4) is 0 Å². The van der Waals surface area contributed by atoms with Gasteiger partial charge in [0.25, 0.3) is 0 Å². The van der Waals surface area contributed by atoms with Crippen LogP contribution in [-0.4, -0.2) is 32.9 Å².